The third-order valence-corrected chi connectivity index (χ3v) is 7.36. The standard InChI is InChI=1S/C28H33N3O/c1-32-25-13-12-24(29)18-23(25)19-30-27-22-14-16-31(17-15-22)28(27)26(20-8-4-2-5-9-20)21-10-6-3-7-11-21/h2-13,18,22,26-28,30H,14-17,19,29H2,1H3/t27-,28-/m1/s1. The fraction of sp³-hybridized carbons (Fsp3) is 0.357. The van der Waals surface area contributed by atoms with Gasteiger partial charge in [-0.3, -0.25) is 4.90 Å². The first-order valence-electron chi connectivity index (χ1n) is 11.7. The molecule has 2 bridgehead atoms. The summed E-state index contributed by atoms with van der Waals surface area (Å²) in [5.74, 6) is 1.92. The van der Waals surface area contributed by atoms with E-state index in [9.17, 15) is 0 Å². The minimum atomic E-state index is 0.334. The molecule has 0 unspecified atom stereocenters. The van der Waals surface area contributed by atoms with Gasteiger partial charge in [0.1, 0.15) is 5.75 Å². The molecule has 4 nitrogen and oxygen atoms in total. The molecule has 0 saturated carbocycles. The highest BCUT2D eigenvalue weighted by molar-refractivity contribution is 5.48. The van der Waals surface area contributed by atoms with E-state index < -0.39 is 0 Å². The maximum Gasteiger partial charge on any atom is 0.123 e. The highest BCUT2D eigenvalue weighted by Gasteiger charge is 2.46. The summed E-state index contributed by atoms with van der Waals surface area (Å²) in [6.45, 7) is 3.13. The first kappa shape index (κ1) is 21.0. The summed E-state index contributed by atoms with van der Waals surface area (Å²) in [5, 5.41) is 3.96. The van der Waals surface area contributed by atoms with Crippen LogP contribution >= 0.6 is 0 Å². The summed E-state index contributed by atoms with van der Waals surface area (Å²) in [6.07, 6.45) is 2.52. The highest BCUT2D eigenvalue weighted by atomic mass is 16.5. The topological polar surface area (TPSA) is 50.5 Å². The normalized spacial score (nSPS) is 24.6. The van der Waals surface area contributed by atoms with Crippen molar-refractivity contribution in [3.63, 3.8) is 0 Å². The molecule has 0 amide bonds. The van der Waals surface area contributed by atoms with Crippen molar-refractivity contribution in [3.05, 3.63) is 95.6 Å². The zero-order valence-corrected chi connectivity index (χ0v) is 18.8. The molecule has 0 spiro atoms. The molecule has 0 aliphatic carbocycles. The number of nitrogen functional groups attached to an aromatic ring is 1. The number of hydrogen-bond donors (Lipinski definition) is 2. The van der Waals surface area contributed by atoms with Crippen LogP contribution in [0.5, 0.6) is 5.75 Å². The number of ether oxygens (including phenoxy) is 1. The second kappa shape index (κ2) is 9.35. The number of benzene rings is 3. The minimum Gasteiger partial charge on any atom is -0.496 e. The Kier molecular flexibility index (Phi) is 6.15. The van der Waals surface area contributed by atoms with Crippen molar-refractivity contribution in [2.45, 2.75) is 37.4 Å². The molecule has 3 aromatic carbocycles. The Hall–Kier alpha value is -2.82. The molecular weight excluding hydrogens is 394 g/mol. The second-order valence-corrected chi connectivity index (χ2v) is 9.14. The summed E-state index contributed by atoms with van der Waals surface area (Å²) < 4.78 is 5.61. The lowest BCUT2D eigenvalue weighted by Gasteiger charge is -2.54. The van der Waals surface area contributed by atoms with Gasteiger partial charge in [-0.1, -0.05) is 60.7 Å². The predicted octanol–water partition coefficient (Wildman–Crippen LogP) is 4.66. The smallest absolute Gasteiger partial charge is 0.123 e. The number of nitrogens with one attached hydrogen (secondary N) is 1. The van der Waals surface area contributed by atoms with E-state index in [4.69, 9.17) is 10.5 Å². The van der Waals surface area contributed by atoms with Gasteiger partial charge >= 0.3 is 0 Å². The molecule has 166 valence electrons. The first-order valence-corrected chi connectivity index (χ1v) is 11.7. The molecule has 4 heteroatoms. The molecule has 3 saturated heterocycles. The second-order valence-electron chi connectivity index (χ2n) is 9.14. The van der Waals surface area contributed by atoms with Crippen molar-refractivity contribution in [3.8, 4) is 5.75 Å². The average molecular weight is 428 g/mol. The highest BCUT2D eigenvalue weighted by Crippen LogP contribution is 2.42. The third kappa shape index (κ3) is 4.13. The number of piperidine rings is 3. The molecule has 3 aliphatic rings. The number of methoxy groups -OCH3 is 1. The number of hydrogen-bond acceptors (Lipinski definition) is 4. The van der Waals surface area contributed by atoms with Crippen LogP contribution in [0.2, 0.25) is 0 Å². The summed E-state index contributed by atoms with van der Waals surface area (Å²) in [4.78, 5) is 2.72. The summed E-state index contributed by atoms with van der Waals surface area (Å²) in [7, 11) is 1.73. The Morgan fingerprint density at radius 2 is 1.56 bits per heavy atom. The van der Waals surface area contributed by atoms with Crippen molar-refractivity contribution < 1.29 is 4.74 Å². The average Bonchev–Trinajstić information content (AvgIpc) is 2.85. The Bertz CT molecular complexity index is 976. The molecule has 2 atom stereocenters. The SMILES string of the molecule is COc1ccc(N)cc1CN[C@@H]1C2CCN(CC2)[C@@H]1C(c1ccccc1)c1ccccc1. The summed E-state index contributed by atoms with van der Waals surface area (Å²) >= 11 is 0. The third-order valence-electron chi connectivity index (χ3n) is 7.36. The van der Waals surface area contributed by atoms with Gasteiger partial charge in [-0.15, -0.1) is 0 Å². The number of nitrogens with zero attached hydrogens (tertiary/aromatic N) is 1. The zero-order valence-electron chi connectivity index (χ0n) is 18.8. The van der Waals surface area contributed by atoms with Gasteiger partial charge in [0.05, 0.1) is 7.11 Å². The molecule has 3 aliphatic heterocycles. The van der Waals surface area contributed by atoms with E-state index in [1.807, 2.05) is 18.2 Å². The number of fused-ring (bicyclic) bond motifs is 3. The van der Waals surface area contributed by atoms with Crippen LogP contribution in [0.25, 0.3) is 0 Å². The fourth-order valence-electron chi connectivity index (χ4n) is 5.86. The van der Waals surface area contributed by atoms with Crippen LogP contribution < -0.4 is 15.8 Å². The molecule has 3 heterocycles. The Morgan fingerprint density at radius 1 is 0.938 bits per heavy atom. The van der Waals surface area contributed by atoms with Crippen LogP contribution in [0.4, 0.5) is 5.69 Å². The molecule has 3 aromatic rings. The Balaban J connectivity index is 1.49. The van der Waals surface area contributed by atoms with Crippen LogP contribution in [-0.2, 0) is 6.54 Å². The fourth-order valence-corrected chi connectivity index (χ4v) is 5.86. The van der Waals surface area contributed by atoms with Crippen LogP contribution in [0.15, 0.2) is 78.9 Å². The van der Waals surface area contributed by atoms with Gasteiger partial charge in [0.25, 0.3) is 0 Å². The predicted molar refractivity (Wildman–Crippen MR) is 131 cm³/mol. The molecule has 6 rings (SSSR count). The maximum atomic E-state index is 6.09. The van der Waals surface area contributed by atoms with Gasteiger partial charge < -0.3 is 15.8 Å². The summed E-state index contributed by atoms with van der Waals surface area (Å²) in [6, 6.07) is 28.8. The van der Waals surface area contributed by atoms with Crippen LogP contribution in [0.3, 0.4) is 0 Å². The Labute approximate surface area is 191 Å². The van der Waals surface area contributed by atoms with E-state index in [0.29, 0.717) is 23.9 Å². The van der Waals surface area contributed by atoms with Crippen LogP contribution in [-0.4, -0.2) is 37.2 Å². The lowest BCUT2D eigenvalue weighted by Crippen LogP contribution is -2.64. The van der Waals surface area contributed by atoms with Crippen molar-refractivity contribution >= 4 is 5.69 Å². The lowest BCUT2D eigenvalue weighted by atomic mass is 9.70. The van der Waals surface area contributed by atoms with Crippen LogP contribution in [0, 0.1) is 5.92 Å². The van der Waals surface area contributed by atoms with Gasteiger partial charge in [0, 0.05) is 35.8 Å². The number of anilines is 1. The molecule has 32 heavy (non-hydrogen) atoms. The minimum absolute atomic E-state index is 0.334. The van der Waals surface area contributed by atoms with E-state index in [2.05, 4.69) is 70.9 Å². The molecule has 0 aromatic heterocycles. The van der Waals surface area contributed by atoms with Crippen molar-refractivity contribution in [2.24, 2.45) is 5.92 Å². The van der Waals surface area contributed by atoms with Crippen molar-refractivity contribution in [1.82, 2.24) is 10.2 Å². The van der Waals surface area contributed by atoms with Gasteiger partial charge in [-0.2, -0.15) is 0 Å². The Morgan fingerprint density at radius 3 is 2.16 bits per heavy atom. The molecule has 3 fully saturated rings. The summed E-state index contributed by atoms with van der Waals surface area (Å²) in [5.41, 5.74) is 10.8. The van der Waals surface area contributed by atoms with E-state index in [-0.39, 0.29) is 0 Å². The van der Waals surface area contributed by atoms with E-state index in [1.54, 1.807) is 7.11 Å². The van der Waals surface area contributed by atoms with Gasteiger partial charge in [0.15, 0.2) is 0 Å². The van der Waals surface area contributed by atoms with Gasteiger partial charge in [-0.25, -0.2) is 0 Å². The van der Waals surface area contributed by atoms with E-state index in [1.165, 1.54) is 37.1 Å². The maximum absolute atomic E-state index is 6.09. The molecule has 3 N–H and O–H groups in total. The molecule has 0 radical (unpaired) electrons. The van der Waals surface area contributed by atoms with E-state index in [0.717, 1.165) is 23.5 Å². The van der Waals surface area contributed by atoms with Gasteiger partial charge in [-0.05, 0) is 61.2 Å². The monoisotopic (exact) mass is 427 g/mol. The van der Waals surface area contributed by atoms with Crippen molar-refractivity contribution in [1.29, 1.82) is 0 Å². The zero-order chi connectivity index (χ0) is 21.9. The number of nitrogens with two attached hydrogens (primary N) is 1. The van der Waals surface area contributed by atoms with Crippen molar-refractivity contribution in [2.75, 3.05) is 25.9 Å². The van der Waals surface area contributed by atoms with Crippen LogP contribution in [0.1, 0.15) is 35.4 Å². The molecular formula is C28H33N3O. The van der Waals surface area contributed by atoms with Gasteiger partial charge in [0.2, 0.25) is 0 Å². The lowest BCUT2D eigenvalue weighted by molar-refractivity contribution is 0.00462. The van der Waals surface area contributed by atoms with E-state index >= 15 is 0 Å². The quantitative estimate of drug-likeness (QED) is 0.539. The first-order chi connectivity index (χ1) is 15.7. The number of rotatable bonds is 7. The largest absolute Gasteiger partial charge is 0.496 e.